The van der Waals surface area contributed by atoms with Crippen molar-refractivity contribution < 1.29 is 4.74 Å². The van der Waals surface area contributed by atoms with E-state index in [1.54, 1.807) is 19.5 Å². The van der Waals surface area contributed by atoms with Crippen LogP contribution >= 0.6 is 0 Å². The second-order valence-corrected chi connectivity index (χ2v) is 6.17. The smallest absolute Gasteiger partial charge is 0.250 e. The Hall–Kier alpha value is -2.80. The van der Waals surface area contributed by atoms with Gasteiger partial charge in [0.25, 0.3) is 0 Å². The monoisotopic (exact) mass is 336 g/mol. The summed E-state index contributed by atoms with van der Waals surface area (Å²) in [7, 11) is 1.61. The summed E-state index contributed by atoms with van der Waals surface area (Å²) in [4.78, 5) is 18.0. The first kappa shape index (κ1) is 15.7. The Bertz CT molecular complexity index is 922. The Balaban J connectivity index is 1.75. The van der Waals surface area contributed by atoms with Crippen LogP contribution in [0.4, 0.5) is 5.95 Å². The van der Waals surface area contributed by atoms with Gasteiger partial charge in [0.05, 0.1) is 25.2 Å². The first-order valence-corrected chi connectivity index (χ1v) is 8.40. The molecule has 0 amide bonds. The fourth-order valence-corrected chi connectivity index (χ4v) is 3.08. The average Bonchev–Trinajstić information content (AvgIpc) is 3.07. The minimum atomic E-state index is 0.282. The van der Waals surface area contributed by atoms with E-state index in [2.05, 4.69) is 19.9 Å². The molecule has 3 aromatic rings. The van der Waals surface area contributed by atoms with E-state index < -0.39 is 0 Å². The van der Waals surface area contributed by atoms with Crippen molar-refractivity contribution in [2.45, 2.75) is 31.7 Å². The number of rotatable bonds is 3. The zero-order valence-electron chi connectivity index (χ0n) is 14.1. The SMILES string of the molecule is COc1cnc(N=C2CCC(N)CC2)nc1-c1cnc2ccccn12. The van der Waals surface area contributed by atoms with E-state index in [1.807, 2.05) is 28.8 Å². The van der Waals surface area contributed by atoms with Crippen molar-refractivity contribution >= 4 is 17.3 Å². The Kier molecular flexibility index (Phi) is 4.15. The quantitative estimate of drug-likeness (QED) is 0.794. The summed E-state index contributed by atoms with van der Waals surface area (Å²) in [5.74, 6) is 1.05. The summed E-state index contributed by atoms with van der Waals surface area (Å²) in [5, 5.41) is 0. The fourth-order valence-electron chi connectivity index (χ4n) is 3.08. The minimum Gasteiger partial charge on any atom is -0.493 e. The van der Waals surface area contributed by atoms with Gasteiger partial charge in [0.2, 0.25) is 5.95 Å². The first-order valence-electron chi connectivity index (χ1n) is 8.40. The molecule has 4 rings (SSSR count). The van der Waals surface area contributed by atoms with Crippen molar-refractivity contribution in [1.82, 2.24) is 19.4 Å². The largest absolute Gasteiger partial charge is 0.493 e. The molecule has 7 nitrogen and oxygen atoms in total. The number of aliphatic imine (C=N–C) groups is 1. The normalized spacial score (nSPS) is 17.7. The molecule has 0 aromatic carbocycles. The molecule has 0 radical (unpaired) electrons. The lowest BCUT2D eigenvalue weighted by atomic mass is 9.94. The average molecular weight is 336 g/mol. The lowest BCUT2D eigenvalue weighted by Crippen LogP contribution is -2.26. The molecule has 0 unspecified atom stereocenters. The van der Waals surface area contributed by atoms with Crippen LogP contribution in [-0.4, -0.2) is 38.2 Å². The summed E-state index contributed by atoms with van der Waals surface area (Å²) in [5.41, 5.74) is 9.45. The summed E-state index contributed by atoms with van der Waals surface area (Å²) < 4.78 is 7.42. The van der Waals surface area contributed by atoms with Crippen LogP contribution in [0.3, 0.4) is 0 Å². The number of pyridine rings is 1. The number of methoxy groups -OCH3 is 1. The van der Waals surface area contributed by atoms with Crippen LogP contribution in [0, 0.1) is 0 Å². The highest BCUT2D eigenvalue weighted by molar-refractivity contribution is 5.87. The highest BCUT2D eigenvalue weighted by atomic mass is 16.5. The summed E-state index contributed by atoms with van der Waals surface area (Å²) in [6.45, 7) is 0. The number of hydrogen-bond donors (Lipinski definition) is 1. The van der Waals surface area contributed by atoms with E-state index in [4.69, 9.17) is 10.5 Å². The standard InChI is InChI=1S/C18H20N6O/c1-25-15-11-21-18(22-13-7-5-12(19)6-8-13)23-17(15)14-10-20-16-4-2-3-9-24(14)16/h2-4,9-12H,5-8,19H2,1H3. The predicted octanol–water partition coefficient (Wildman–Crippen LogP) is 2.77. The van der Waals surface area contributed by atoms with Gasteiger partial charge in [-0.1, -0.05) is 6.07 Å². The zero-order chi connectivity index (χ0) is 17.2. The second-order valence-electron chi connectivity index (χ2n) is 6.17. The van der Waals surface area contributed by atoms with Gasteiger partial charge in [0.15, 0.2) is 5.75 Å². The predicted molar refractivity (Wildman–Crippen MR) is 96.3 cm³/mol. The molecule has 3 heterocycles. The van der Waals surface area contributed by atoms with Gasteiger partial charge in [-0.15, -0.1) is 0 Å². The molecule has 0 aliphatic heterocycles. The Labute approximate surface area is 145 Å². The van der Waals surface area contributed by atoms with Gasteiger partial charge in [-0.25, -0.2) is 19.9 Å². The highest BCUT2D eigenvalue weighted by Crippen LogP contribution is 2.29. The van der Waals surface area contributed by atoms with Crippen molar-refractivity contribution in [2.75, 3.05) is 7.11 Å². The van der Waals surface area contributed by atoms with Crippen LogP contribution in [0.1, 0.15) is 25.7 Å². The van der Waals surface area contributed by atoms with Gasteiger partial charge in [-0.05, 0) is 37.8 Å². The van der Waals surface area contributed by atoms with Crippen LogP contribution in [0.2, 0.25) is 0 Å². The molecular formula is C18H20N6O. The lowest BCUT2D eigenvalue weighted by Gasteiger charge is -2.18. The Morgan fingerprint density at radius 1 is 1.20 bits per heavy atom. The number of ether oxygens (including phenoxy) is 1. The van der Waals surface area contributed by atoms with Gasteiger partial charge in [0.1, 0.15) is 11.3 Å². The maximum atomic E-state index is 5.96. The highest BCUT2D eigenvalue weighted by Gasteiger charge is 2.17. The second kappa shape index (κ2) is 6.60. The number of fused-ring (bicyclic) bond motifs is 1. The number of nitrogens with two attached hydrogens (primary N) is 1. The van der Waals surface area contributed by atoms with E-state index in [9.17, 15) is 0 Å². The van der Waals surface area contributed by atoms with Crippen molar-refractivity contribution in [3.63, 3.8) is 0 Å². The third kappa shape index (κ3) is 3.10. The summed E-state index contributed by atoms with van der Waals surface area (Å²) >= 11 is 0. The van der Waals surface area contributed by atoms with Gasteiger partial charge in [-0.2, -0.15) is 0 Å². The fraction of sp³-hybridized carbons (Fsp3) is 0.333. The Morgan fingerprint density at radius 2 is 2.04 bits per heavy atom. The van der Waals surface area contributed by atoms with E-state index in [0.29, 0.717) is 17.4 Å². The van der Waals surface area contributed by atoms with E-state index >= 15 is 0 Å². The molecule has 1 fully saturated rings. The van der Waals surface area contributed by atoms with E-state index in [0.717, 1.165) is 42.7 Å². The molecule has 3 aromatic heterocycles. The minimum absolute atomic E-state index is 0.282. The molecule has 128 valence electrons. The molecule has 25 heavy (non-hydrogen) atoms. The number of nitrogens with zero attached hydrogens (tertiary/aromatic N) is 5. The lowest BCUT2D eigenvalue weighted by molar-refractivity contribution is 0.412. The van der Waals surface area contributed by atoms with Gasteiger partial charge < -0.3 is 10.5 Å². The van der Waals surface area contributed by atoms with Crippen molar-refractivity contribution in [1.29, 1.82) is 0 Å². The maximum absolute atomic E-state index is 5.96. The molecule has 0 spiro atoms. The molecule has 1 saturated carbocycles. The third-order valence-electron chi connectivity index (χ3n) is 4.49. The van der Waals surface area contributed by atoms with Crippen LogP contribution in [0.5, 0.6) is 5.75 Å². The summed E-state index contributed by atoms with van der Waals surface area (Å²) in [6, 6.07) is 6.14. The van der Waals surface area contributed by atoms with E-state index in [-0.39, 0.29) is 6.04 Å². The third-order valence-corrected chi connectivity index (χ3v) is 4.49. The topological polar surface area (TPSA) is 90.7 Å². The molecule has 1 aliphatic carbocycles. The summed E-state index contributed by atoms with van der Waals surface area (Å²) in [6.07, 6.45) is 9.15. The molecule has 0 saturated heterocycles. The van der Waals surface area contributed by atoms with Crippen molar-refractivity contribution in [3.8, 4) is 17.1 Å². The van der Waals surface area contributed by atoms with Crippen LogP contribution in [-0.2, 0) is 0 Å². The first-order chi connectivity index (χ1) is 12.2. The van der Waals surface area contributed by atoms with Gasteiger partial charge >= 0.3 is 0 Å². The van der Waals surface area contributed by atoms with Gasteiger partial charge in [-0.3, -0.25) is 4.40 Å². The van der Waals surface area contributed by atoms with Crippen molar-refractivity contribution in [2.24, 2.45) is 10.7 Å². The molecule has 2 N–H and O–H groups in total. The van der Waals surface area contributed by atoms with Crippen molar-refractivity contribution in [3.05, 3.63) is 36.8 Å². The van der Waals surface area contributed by atoms with E-state index in [1.165, 1.54) is 0 Å². The Morgan fingerprint density at radius 3 is 2.84 bits per heavy atom. The maximum Gasteiger partial charge on any atom is 0.250 e. The number of imidazole rings is 1. The van der Waals surface area contributed by atoms with Crippen LogP contribution in [0.25, 0.3) is 17.0 Å². The van der Waals surface area contributed by atoms with Crippen LogP contribution < -0.4 is 10.5 Å². The van der Waals surface area contributed by atoms with Crippen LogP contribution in [0.15, 0.2) is 41.8 Å². The molecule has 0 atom stereocenters. The molecule has 1 aliphatic rings. The molecular weight excluding hydrogens is 316 g/mol. The van der Waals surface area contributed by atoms with Gasteiger partial charge in [0, 0.05) is 18.0 Å². The number of aromatic nitrogens is 4. The molecule has 7 heteroatoms. The zero-order valence-corrected chi connectivity index (χ0v) is 14.1. The number of hydrogen-bond acceptors (Lipinski definition) is 6. The molecule has 0 bridgehead atoms.